The van der Waals surface area contributed by atoms with Crippen LogP contribution in [0, 0.1) is 5.92 Å². The van der Waals surface area contributed by atoms with E-state index in [4.69, 9.17) is 5.73 Å². The third-order valence-corrected chi connectivity index (χ3v) is 3.98. The van der Waals surface area contributed by atoms with Crippen molar-refractivity contribution in [2.45, 2.75) is 32.6 Å². The molecule has 2 N–H and O–H groups in total. The molecule has 1 fully saturated rings. The van der Waals surface area contributed by atoms with Gasteiger partial charge in [-0.1, -0.05) is 6.92 Å². The Morgan fingerprint density at radius 1 is 1.52 bits per heavy atom. The van der Waals surface area contributed by atoms with Crippen LogP contribution in [-0.4, -0.2) is 38.6 Å². The van der Waals surface area contributed by atoms with Gasteiger partial charge in [-0.05, 0) is 25.2 Å². The van der Waals surface area contributed by atoms with Crippen molar-refractivity contribution in [3.63, 3.8) is 0 Å². The molecule has 2 aromatic heterocycles. The van der Waals surface area contributed by atoms with E-state index < -0.39 is 0 Å². The summed E-state index contributed by atoms with van der Waals surface area (Å²) < 4.78 is 1.77. The lowest BCUT2D eigenvalue weighted by Gasteiger charge is -2.33. The number of hydrogen-bond acceptors (Lipinski definition) is 5. The van der Waals surface area contributed by atoms with Crippen molar-refractivity contribution in [3.05, 3.63) is 18.1 Å². The maximum Gasteiger partial charge on any atom is 0.254 e. The van der Waals surface area contributed by atoms with Gasteiger partial charge >= 0.3 is 0 Å². The Kier molecular flexibility index (Phi) is 3.72. The monoisotopic (exact) mass is 288 g/mol. The first kappa shape index (κ1) is 13.8. The SMILES string of the molecule is CCc1cc(N2CCCC(CC(N)=O)C2)n2ncnc2n1. The number of primary amides is 1. The van der Waals surface area contributed by atoms with Crippen LogP contribution >= 0.6 is 0 Å². The molecule has 0 spiro atoms. The first-order valence-electron chi connectivity index (χ1n) is 7.40. The molecule has 1 unspecified atom stereocenters. The number of aromatic nitrogens is 4. The zero-order chi connectivity index (χ0) is 14.8. The summed E-state index contributed by atoms with van der Waals surface area (Å²) >= 11 is 0. The van der Waals surface area contributed by atoms with E-state index in [-0.39, 0.29) is 5.91 Å². The predicted octanol–water partition coefficient (Wildman–Crippen LogP) is 0.778. The van der Waals surface area contributed by atoms with Gasteiger partial charge in [-0.3, -0.25) is 4.79 Å². The van der Waals surface area contributed by atoms with Crippen LogP contribution in [0.25, 0.3) is 5.78 Å². The highest BCUT2D eigenvalue weighted by molar-refractivity contribution is 5.74. The Morgan fingerprint density at radius 2 is 2.38 bits per heavy atom. The number of carbonyl (C=O) groups excluding carboxylic acids is 1. The van der Waals surface area contributed by atoms with E-state index in [2.05, 4.69) is 33.0 Å². The molecule has 2 aromatic rings. The molecule has 1 aliphatic heterocycles. The number of amides is 1. The smallest absolute Gasteiger partial charge is 0.254 e. The number of aryl methyl sites for hydroxylation is 1. The van der Waals surface area contributed by atoms with Gasteiger partial charge in [0.05, 0.1) is 0 Å². The van der Waals surface area contributed by atoms with Gasteiger partial charge in [-0.2, -0.15) is 14.6 Å². The predicted molar refractivity (Wildman–Crippen MR) is 78.9 cm³/mol. The van der Waals surface area contributed by atoms with Gasteiger partial charge in [0.25, 0.3) is 5.78 Å². The van der Waals surface area contributed by atoms with Gasteiger partial charge < -0.3 is 10.6 Å². The number of anilines is 1. The molecule has 1 amide bonds. The maximum atomic E-state index is 11.1. The first-order valence-corrected chi connectivity index (χ1v) is 7.40. The van der Waals surface area contributed by atoms with Crippen molar-refractivity contribution in [3.8, 4) is 0 Å². The molecular formula is C14H20N6O. The quantitative estimate of drug-likeness (QED) is 0.898. The molecule has 112 valence electrons. The van der Waals surface area contributed by atoms with Crippen LogP contribution in [-0.2, 0) is 11.2 Å². The number of rotatable bonds is 4. The molecular weight excluding hydrogens is 268 g/mol. The van der Waals surface area contributed by atoms with Crippen LogP contribution in [0.4, 0.5) is 5.82 Å². The van der Waals surface area contributed by atoms with Crippen molar-refractivity contribution in [2.24, 2.45) is 11.7 Å². The van der Waals surface area contributed by atoms with Gasteiger partial charge in [-0.25, -0.2) is 4.98 Å². The highest BCUT2D eigenvalue weighted by Gasteiger charge is 2.24. The van der Waals surface area contributed by atoms with Crippen molar-refractivity contribution in [1.29, 1.82) is 0 Å². The van der Waals surface area contributed by atoms with Crippen LogP contribution in [0.3, 0.4) is 0 Å². The van der Waals surface area contributed by atoms with E-state index in [0.717, 1.165) is 43.9 Å². The fourth-order valence-electron chi connectivity index (χ4n) is 2.97. The molecule has 7 heteroatoms. The normalized spacial score (nSPS) is 19.1. The summed E-state index contributed by atoms with van der Waals surface area (Å²) in [6.45, 7) is 3.85. The summed E-state index contributed by atoms with van der Waals surface area (Å²) in [6.07, 6.45) is 4.93. The minimum Gasteiger partial charge on any atom is -0.370 e. The molecule has 1 atom stereocenters. The Hall–Kier alpha value is -2.18. The van der Waals surface area contributed by atoms with Gasteiger partial charge in [0.2, 0.25) is 5.91 Å². The average molecular weight is 288 g/mol. The summed E-state index contributed by atoms with van der Waals surface area (Å²) in [5, 5.41) is 4.26. The summed E-state index contributed by atoms with van der Waals surface area (Å²) in [7, 11) is 0. The topological polar surface area (TPSA) is 89.4 Å². The average Bonchev–Trinajstić information content (AvgIpc) is 2.94. The number of hydrogen-bond donors (Lipinski definition) is 1. The summed E-state index contributed by atoms with van der Waals surface area (Å²) in [5.74, 6) is 1.72. The summed E-state index contributed by atoms with van der Waals surface area (Å²) in [6, 6.07) is 2.06. The number of piperidine rings is 1. The first-order chi connectivity index (χ1) is 10.2. The lowest BCUT2D eigenvalue weighted by Crippen LogP contribution is -2.38. The molecule has 0 aromatic carbocycles. The van der Waals surface area contributed by atoms with Crippen molar-refractivity contribution in [2.75, 3.05) is 18.0 Å². The van der Waals surface area contributed by atoms with E-state index in [9.17, 15) is 4.79 Å². The third kappa shape index (κ3) is 2.81. The third-order valence-electron chi connectivity index (χ3n) is 3.98. The summed E-state index contributed by atoms with van der Waals surface area (Å²) in [4.78, 5) is 22.1. The number of fused-ring (bicyclic) bond motifs is 1. The maximum absolute atomic E-state index is 11.1. The van der Waals surface area contributed by atoms with Crippen LogP contribution in [0.5, 0.6) is 0 Å². The van der Waals surface area contributed by atoms with Crippen molar-refractivity contribution >= 4 is 17.5 Å². The van der Waals surface area contributed by atoms with Crippen molar-refractivity contribution < 1.29 is 4.79 Å². The number of nitrogens with two attached hydrogens (primary N) is 1. The van der Waals surface area contributed by atoms with Gasteiger partial charge in [-0.15, -0.1) is 0 Å². The van der Waals surface area contributed by atoms with Gasteiger partial charge in [0.1, 0.15) is 12.1 Å². The standard InChI is InChI=1S/C14H20N6O/c1-2-11-7-13(20-14(18-11)16-9-17-20)19-5-3-4-10(8-19)6-12(15)21/h7,9-10H,2-6,8H2,1H3,(H2,15,21). The summed E-state index contributed by atoms with van der Waals surface area (Å²) in [5.41, 5.74) is 6.33. The minimum absolute atomic E-state index is 0.225. The second kappa shape index (κ2) is 5.67. The molecule has 1 saturated heterocycles. The van der Waals surface area contributed by atoms with E-state index in [1.165, 1.54) is 6.33 Å². The van der Waals surface area contributed by atoms with Gasteiger partial charge in [0, 0.05) is 31.3 Å². The Morgan fingerprint density at radius 3 is 3.14 bits per heavy atom. The molecule has 7 nitrogen and oxygen atoms in total. The van der Waals surface area contributed by atoms with Crippen LogP contribution in [0.1, 0.15) is 31.9 Å². The molecule has 3 rings (SSSR count). The zero-order valence-electron chi connectivity index (χ0n) is 12.2. The molecule has 3 heterocycles. The van der Waals surface area contributed by atoms with Gasteiger partial charge in [0.15, 0.2) is 0 Å². The highest BCUT2D eigenvalue weighted by atomic mass is 16.1. The lowest BCUT2D eigenvalue weighted by molar-refractivity contribution is -0.118. The fourth-order valence-corrected chi connectivity index (χ4v) is 2.97. The Bertz CT molecular complexity index is 652. The molecule has 1 aliphatic rings. The second-order valence-corrected chi connectivity index (χ2v) is 5.56. The molecule has 21 heavy (non-hydrogen) atoms. The van der Waals surface area contributed by atoms with Crippen LogP contribution < -0.4 is 10.6 Å². The molecule has 0 bridgehead atoms. The molecule has 0 saturated carbocycles. The Labute approximate surface area is 123 Å². The second-order valence-electron chi connectivity index (χ2n) is 5.56. The van der Waals surface area contributed by atoms with Crippen LogP contribution in [0.2, 0.25) is 0 Å². The zero-order valence-corrected chi connectivity index (χ0v) is 12.2. The number of nitrogens with zero attached hydrogens (tertiary/aromatic N) is 5. The molecule has 0 radical (unpaired) electrons. The molecule has 0 aliphatic carbocycles. The fraction of sp³-hybridized carbons (Fsp3) is 0.571. The van der Waals surface area contributed by atoms with E-state index in [1.807, 2.05) is 0 Å². The largest absolute Gasteiger partial charge is 0.370 e. The van der Waals surface area contributed by atoms with Crippen LogP contribution in [0.15, 0.2) is 12.4 Å². The van der Waals surface area contributed by atoms with Crippen molar-refractivity contribution in [1.82, 2.24) is 19.6 Å². The number of carbonyl (C=O) groups is 1. The lowest BCUT2D eigenvalue weighted by atomic mass is 9.94. The van der Waals surface area contributed by atoms with E-state index >= 15 is 0 Å². The minimum atomic E-state index is -0.225. The van der Waals surface area contributed by atoms with E-state index in [0.29, 0.717) is 18.1 Å². The van der Waals surface area contributed by atoms with E-state index in [1.54, 1.807) is 4.52 Å². The highest BCUT2D eigenvalue weighted by Crippen LogP contribution is 2.25. The Balaban J connectivity index is 1.91.